The maximum absolute atomic E-state index is 12.6. The third kappa shape index (κ3) is 3.62. The molecule has 2 atom stereocenters. The van der Waals surface area contributed by atoms with Crippen LogP contribution in [-0.2, 0) is 16.0 Å². The van der Waals surface area contributed by atoms with Gasteiger partial charge in [-0.1, -0.05) is 24.3 Å². The van der Waals surface area contributed by atoms with Crippen LogP contribution in [0.15, 0.2) is 54.9 Å². The summed E-state index contributed by atoms with van der Waals surface area (Å²) in [4.78, 5) is 30.6. The molecular weight excluding hydrogens is 302 g/mol. The molecular formula is C19H21N3O2. The molecule has 3 rings (SSSR count). The lowest BCUT2D eigenvalue weighted by molar-refractivity contribution is -0.126. The minimum absolute atomic E-state index is 0.0385. The normalized spacial score (nSPS) is 20.2. The largest absolute Gasteiger partial charge is 0.344 e. The number of benzene rings is 1. The lowest BCUT2D eigenvalue weighted by atomic mass is 10.1. The first kappa shape index (κ1) is 16.2. The highest BCUT2D eigenvalue weighted by molar-refractivity contribution is 6.02. The molecule has 2 amide bonds. The SMILES string of the molecule is C[C@H]1C[C@@H](NC(=O)CCc2cccnc2)C(=O)N1c1ccccc1. The third-order valence-electron chi connectivity index (χ3n) is 4.29. The van der Waals surface area contributed by atoms with Crippen LogP contribution in [0.5, 0.6) is 0 Å². The summed E-state index contributed by atoms with van der Waals surface area (Å²) >= 11 is 0. The number of pyridine rings is 1. The van der Waals surface area contributed by atoms with E-state index in [-0.39, 0.29) is 17.9 Å². The molecule has 0 unspecified atom stereocenters. The maximum Gasteiger partial charge on any atom is 0.249 e. The van der Waals surface area contributed by atoms with Gasteiger partial charge in [-0.15, -0.1) is 0 Å². The van der Waals surface area contributed by atoms with Gasteiger partial charge in [0.2, 0.25) is 11.8 Å². The van der Waals surface area contributed by atoms with Gasteiger partial charge in [0.05, 0.1) is 0 Å². The highest BCUT2D eigenvalue weighted by atomic mass is 16.2. The fourth-order valence-corrected chi connectivity index (χ4v) is 3.09. The highest BCUT2D eigenvalue weighted by Gasteiger charge is 2.38. The van der Waals surface area contributed by atoms with Gasteiger partial charge in [0.25, 0.3) is 0 Å². The topological polar surface area (TPSA) is 62.3 Å². The molecule has 124 valence electrons. The first-order chi connectivity index (χ1) is 11.6. The summed E-state index contributed by atoms with van der Waals surface area (Å²) in [6, 6.07) is 13.0. The summed E-state index contributed by atoms with van der Waals surface area (Å²) in [5, 5.41) is 2.88. The summed E-state index contributed by atoms with van der Waals surface area (Å²) in [6.45, 7) is 2.01. The summed E-state index contributed by atoms with van der Waals surface area (Å²) < 4.78 is 0. The van der Waals surface area contributed by atoms with Crippen LogP contribution in [0.4, 0.5) is 5.69 Å². The van der Waals surface area contributed by atoms with Gasteiger partial charge in [-0.2, -0.15) is 0 Å². The number of nitrogens with one attached hydrogen (secondary N) is 1. The average molecular weight is 323 g/mol. The third-order valence-corrected chi connectivity index (χ3v) is 4.29. The summed E-state index contributed by atoms with van der Waals surface area (Å²) in [6.07, 6.45) is 5.08. The fourth-order valence-electron chi connectivity index (χ4n) is 3.09. The van der Waals surface area contributed by atoms with E-state index in [0.717, 1.165) is 11.3 Å². The first-order valence-corrected chi connectivity index (χ1v) is 8.21. The molecule has 1 N–H and O–H groups in total. The Hall–Kier alpha value is -2.69. The first-order valence-electron chi connectivity index (χ1n) is 8.21. The number of amides is 2. The quantitative estimate of drug-likeness (QED) is 0.918. The van der Waals surface area contributed by atoms with Crippen LogP contribution in [0.1, 0.15) is 25.3 Å². The lowest BCUT2D eigenvalue weighted by Gasteiger charge is -2.21. The number of aromatic nitrogens is 1. The van der Waals surface area contributed by atoms with E-state index in [1.165, 1.54) is 0 Å². The number of carbonyl (C=O) groups is 2. The molecule has 0 aliphatic carbocycles. The number of carbonyl (C=O) groups excluding carboxylic acids is 2. The Labute approximate surface area is 141 Å². The fraction of sp³-hybridized carbons (Fsp3) is 0.316. The zero-order chi connectivity index (χ0) is 16.9. The van der Waals surface area contributed by atoms with E-state index in [2.05, 4.69) is 10.3 Å². The van der Waals surface area contributed by atoms with Crippen molar-refractivity contribution in [2.75, 3.05) is 4.90 Å². The predicted molar refractivity (Wildman–Crippen MR) is 92.5 cm³/mol. The Balaban J connectivity index is 1.58. The number of para-hydroxylation sites is 1. The predicted octanol–water partition coefficient (Wildman–Crippen LogP) is 2.32. The molecule has 0 spiro atoms. The van der Waals surface area contributed by atoms with Crippen molar-refractivity contribution in [2.24, 2.45) is 0 Å². The second-order valence-electron chi connectivity index (χ2n) is 6.11. The number of aryl methyl sites for hydroxylation is 1. The van der Waals surface area contributed by atoms with Crippen molar-refractivity contribution < 1.29 is 9.59 Å². The Morgan fingerprint density at radius 3 is 2.75 bits per heavy atom. The Kier molecular flexibility index (Phi) is 4.89. The molecule has 2 heterocycles. The van der Waals surface area contributed by atoms with Crippen LogP contribution in [0.3, 0.4) is 0 Å². The number of anilines is 1. The molecule has 1 saturated heterocycles. The molecule has 1 aliphatic heterocycles. The van der Waals surface area contributed by atoms with Crippen molar-refractivity contribution in [1.29, 1.82) is 0 Å². The van der Waals surface area contributed by atoms with E-state index in [0.29, 0.717) is 19.3 Å². The summed E-state index contributed by atoms with van der Waals surface area (Å²) in [5.41, 5.74) is 1.90. The van der Waals surface area contributed by atoms with Gasteiger partial charge in [-0.3, -0.25) is 14.6 Å². The van der Waals surface area contributed by atoms with Crippen molar-refractivity contribution in [2.45, 2.75) is 38.3 Å². The van der Waals surface area contributed by atoms with E-state index in [1.54, 1.807) is 17.3 Å². The molecule has 1 aliphatic rings. The van der Waals surface area contributed by atoms with Crippen LogP contribution >= 0.6 is 0 Å². The van der Waals surface area contributed by atoms with Crippen molar-refractivity contribution in [3.8, 4) is 0 Å². The Bertz CT molecular complexity index is 703. The monoisotopic (exact) mass is 323 g/mol. The van der Waals surface area contributed by atoms with Crippen molar-refractivity contribution >= 4 is 17.5 Å². The van der Waals surface area contributed by atoms with Gasteiger partial charge in [0, 0.05) is 30.5 Å². The molecule has 5 heteroatoms. The van der Waals surface area contributed by atoms with Crippen LogP contribution in [0.25, 0.3) is 0 Å². The van der Waals surface area contributed by atoms with Gasteiger partial charge >= 0.3 is 0 Å². The second kappa shape index (κ2) is 7.25. The van der Waals surface area contributed by atoms with Crippen LogP contribution in [-0.4, -0.2) is 28.9 Å². The molecule has 1 fully saturated rings. The van der Waals surface area contributed by atoms with E-state index < -0.39 is 6.04 Å². The van der Waals surface area contributed by atoms with E-state index in [1.807, 2.05) is 49.4 Å². The van der Waals surface area contributed by atoms with E-state index >= 15 is 0 Å². The smallest absolute Gasteiger partial charge is 0.249 e. The van der Waals surface area contributed by atoms with Crippen LogP contribution < -0.4 is 10.2 Å². The van der Waals surface area contributed by atoms with Crippen molar-refractivity contribution in [1.82, 2.24) is 10.3 Å². The zero-order valence-corrected chi connectivity index (χ0v) is 13.7. The zero-order valence-electron chi connectivity index (χ0n) is 13.7. The minimum atomic E-state index is -0.443. The number of hydrogen-bond donors (Lipinski definition) is 1. The average Bonchev–Trinajstić information content (AvgIpc) is 2.88. The molecule has 1 aromatic heterocycles. The maximum atomic E-state index is 12.6. The molecule has 1 aromatic carbocycles. The second-order valence-corrected chi connectivity index (χ2v) is 6.11. The van der Waals surface area contributed by atoms with Gasteiger partial charge in [0.15, 0.2) is 0 Å². The highest BCUT2D eigenvalue weighted by Crippen LogP contribution is 2.26. The molecule has 2 aromatic rings. The molecule has 5 nitrogen and oxygen atoms in total. The van der Waals surface area contributed by atoms with E-state index in [9.17, 15) is 9.59 Å². The molecule has 0 bridgehead atoms. The van der Waals surface area contributed by atoms with Crippen molar-refractivity contribution in [3.05, 3.63) is 60.4 Å². The van der Waals surface area contributed by atoms with Gasteiger partial charge in [-0.25, -0.2) is 0 Å². The summed E-state index contributed by atoms with van der Waals surface area (Å²) in [5.74, 6) is -0.136. The number of rotatable bonds is 5. The Morgan fingerprint density at radius 1 is 1.25 bits per heavy atom. The van der Waals surface area contributed by atoms with Crippen LogP contribution in [0, 0.1) is 0 Å². The van der Waals surface area contributed by atoms with Gasteiger partial charge in [-0.05, 0) is 43.5 Å². The molecule has 0 saturated carbocycles. The van der Waals surface area contributed by atoms with Gasteiger partial charge < -0.3 is 10.2 Å². The standard InChI is InChI=1S/C19H21N3O2/c1-14-12-17(19(24)22(14)16-7-3-2-4-8-16)21-18(23)10-9-15-6-5-11-20-13-15/h2-8,11,13-14,17H,9-10,12H2,1H3,(H,21,23)/t14-,17+/m0/s1. The number of hydrogen-bond acceptors (Lipinski definition) is 3. The van der Waals surface area contributed by atoms with E-state index in [4.69, 9.17) is 0 Å². The number of nitrogens with zero attached hydrogens (tertiary/aromatic N) is 2. The minimum Gasteiger partial charge on any atom is -0.344 e. The molecule has 24 heavy (non-hydrogen) atoms. The lowest BCUT2D eigenvalue weighted by Crippen LogP contribution is -2.42. The molecule has 0 radical (unpaired) electrons. The summed E-state index contributed by atoms with van der Waals surface area (Å²) in [7, 11) is 0. The van der Waals surface area contributed by atoms with Crippen molar-refractivity contribution in [3.63, 3.8) is 0 Å². The van der Waals surface area contributed by atoms with Crippen LogP contribution in [0.2, 0.25) is 0 Å². The van der Waals surface area contributed by atoms with Gasteiger partial charge in [0.1, 0.15) is 6.04 Å². The Morgan fingerprint density at radius 2 is 2.04 bits per heavy atom.